The van der Waals surface area contributed by atoms with E-state index in [1.54, 1.807) is 28.6 Å². The number of nitrogens with one attached hydrogen (secondary N) is 1. The second kappa shape index (κ2) is 9.81. The van der Waals surface area contributed by atoms with Crippen LogP contribution < -0.4 is 9.46 Å². The largest absolute Gasteiger partial charge is 0.495 e. The molecule has 4 rings (SSSR count). The topological polar surface area (TPSA) is 109 Å². The van der Waals surface area contributed by atoms with Gasteiger partial charge in [0.2, 0.25) is 0 Å². The van der Waals surface area contributed by atoms with Crippen molar-refractivity contribution < 1.29 is 23.1 Å². The fourth-order valence-corrected chi connectivity index (χ4v) is 6.28. The van der Waals surface area contributed by atoms with Gasteiger partial charge in [0.1, 0.15) is 5.75 Å². The average Bonchev–Trinajstić information content (AvgIpc) is 2.82. The molecule has 2 aliphatic rings. The lowest BCUT2D eigenvalue weighted by Crippen LogP contribution is -2.51. The van der Waals surface area contributed by atoms with E-state index in [0.717, 1.165) is 32.1 Å². The summed E-state index contributed by atoms with van der Waals surface area (Å²) in [6, 6.07) is 8.32. The van der Waals surface area contributed by atoms with E-state index in [4.69, 9.17) is 9.84 Å². The van der Waals surface area contributed by atoms with E-state index in [0.29, 0.717) is 29.3 Å². The Bertz CT molecular complexity index is 1200. The Morgan fingerprint density at radius 1 is 1.15 bits per heavy atom. The number of para-hydroxylation sites is 1. The normalized spacial score (nSPS) is 20.8. The predicted molar refractivity (Wildman–Crippen MR) is 124 cm³/mol. The van der Waals surface area contributed by atoms with Gasteiger partial charge >= 0.3 is 16.2 Å². The Labute approximate surface area is 194 Å². The van der Waals surface area contributed by atoms with E-state index in [2.05, 4.69) is 21.5 Å². The summed E-state index contributed by atoms with van der Waals surface area (Å²) in [4.78, 5) is 15.0. The smallest absolute Gasteiger partial charge is 0.354 e. The maximum absolute atomic E-state index is 13.3. The van der Waals surface area contributed by atoms with Crippen LogP contribution in [-0.4, -0.2) is 48.5 Å². The van der Waals surface area contributed by atoms with Crippen LogP contribution in [0.2, 0.25) is 0 Å². The molecule has 0 spiro atoms. The first kappa shape index (κ1) is 23.1. The van der Waals surface area contributed by atoms with Crippen molar-refractivity contribution in [2.75, 3.05) is 18.4 Å². The molecule has 1 saturated heterocycles. The monoisotopic (exact) mass is 469 g/mol. The number of fused-ring (bicyclic) bond motifs is 1. The van der Waals surface area contributed by atoms with Crippen molar-refractivity contribution >= 4 is 21.9 Å². The number of benzene rings is 1. The van der Waals surface area contributed by atoms with Crippen LogP contribution in [0.5, 0.6) is 5.75 Å². The summed E-state index contributed by atoms with van der Waals surface area (Å²) < 4.78 is 36.3. The third kappa shape index (κ3) is 5.13. The molecule has 2 heterocycles. The SMILES string of the molecule is COc1cc(C(=O)O)ncc1C#Cc1ccccc1NS(=O)(=O)N1CCC[C@@H]2CCCC[C@H]21. The summed E-state index contributed by atoms with van der Waals surface area (Å²) in [6.45, 7) is 0.531. The molecule has 1 aliphatic carbocycles. The molecule has 2 atom stereocenters. The number of hydrogen-bond acceptors (Lipinski definition) is 5. The number of hydrogen-bond donors (Lipinski definition) is 2. The second-order valence-electron chi connectivity index (χ2n) is 8.34. The van der Waals surface area contributed by atoms with Crippen LogP contribution in [0.15, 0.2) is 36.5 Å². The third-order valence-electron chi connectivity index (χ3n) is 6.30. The molecular formula is C24H27N3O5S. The molecule has 1 saturated carbocycles. The van der Waals surface area contributed by atoms with Crippen molar-refractivity contribution in [2.45, 2.75) is 44.6 Å². The molecule has 2 fully saturated rings. The molecule has 0 radical (unpaired) electrons. The summed E-state index contributed by atoms with van der Waals surface area (Å²) in [5.74, 6) is 5.45. The lowest BCUT2D eigenvalue weighted by atomic mass is 9.79. The highest BCUT2D eigenvalue weighted by molar-refractivity contribution is 7.90. The number of piperidine rings is 1. The number of carboxylic acid groups (broad SMARTS) is 1. The number of carbonyl (C=O) groups is 1. The lowest BCUT2D eigenvalue weighted by molar-refractivity contribution is 0.0690. The Morgan fingerprint density at radius 3 is 2.67 bits per heavy atom. The third-order valence-corrected chi connectivity index (χ3v) is 7.85. The zero-order valence-electron chi connectivity index (χ0n) is 18.5. The zero-order chi connectivity index (χ0) is 23.4. The van der Waals surface area contributed by atoms with Crippen LogP contribution in [0, 0.1) is 17.8 Å². The van der Waals surface area contributed by atoms with E-state index < -0.39 is 16.2 Å². The molecule has 2 aromatic rings. The number of aromatic carboxylic acids is 1. The van der Waals surface area contributed by atoms with E-state index in [1.807, 2.05) is 0 Å². The fourth-order valence-electron chi connectivity index (χ4n) is 4.71. The van der Waals surface area contributed by atoms with Crippen LogP contribution in [0.4, 0.5) is 5.69 Å². The minimum atomic E-state index is -3.73. The number of pyridine rings is 1. The fraction of sp³-hybridized carbons (Fsp3) is 0.417. The zero-order valence-corrected chi connectivity index (χ0v) is 19.3. The van der Waals surface area contributed by atoms with Gasteiger partial charge in [0.25, 0.3) is 0 Å². The number of aromatic nitrogens is 1. The van der Waals surface area contributed by atoms with Gasteiger partial charge in [0.15, 0.2) is 5.69 Å². The number of methoxy groups -OCH3 is 1. The summed E-state index contributed by atoms with van der Waals surface area (Å²) in [5, 5.41) is 9.10. The molecule has 0 bridgehead atoms. The molecule has 33 heavy (non-hydrogen) atoms. The van der Waals surface area contributed by atoms with Gasteiger partial charge in [-0.05, 0) is 43.7 Å². The number of carboxylic acids is 1. The van der Waals surface area contributed by atoms with Crippen LogP contribution >= 0.6 is 0 Å². The first-order chi connectivity index (χ1) is 15.9. The molecule has 1 aromatic carbocycles. The van der Waals surface area contributed by atoms with Gasteiger partial charge in [-0.15, -0.1) is 0 Å². The van der Waals surface area contributed by atoms with Gasteiger partial charge in [0, 0.05) is 30.4 Å². The summed E-state index contributed by atoms with van der Waals surface area (Å²) in [6.07, 6.45) is 7.54. The maximum Gasteiger partial charge on any atom is 0.354 e. The summed E-state index contributed by atoms with van der Waals surface area (Å²) in [7, 11) is -2.30. The number of ether oxygens (including phenoxy) is 1. The molecule has 0 unspecified atom stereocenters. The van der Waals surface area contributed by atoms with Crippen molar-refractivity contribution in [2.24, 2.45) is 5.92 Å². The minimum absolute atomic E-state index is 0.0614. The number of anilines is 1. The highest BCUT2D eigenvalue weighted by atomic mass is 32.2. The molecule has 1 aliphatic heterocycles. The molecule has 8 nitrogen and oxygen atoms in total. The highest BCUT2D eigenvalue weighted by Crippen LogP contribution is 2.37. The molecule has 9 heteroatoms. The maximum atomic E-state index is 13.3. The average molecular weight is 470 g/mol. The van der Waals surface area contributed by atoms with Gasteiger partial charge in [-0.2, -0.15) is 12.7 Å². The summed E-state index contributed by atoms with van der Waals surface area (Å²) in [5.41, 5.74) is 1.16. The van der Waals surface area contributed by atoms with Gasteiger partial charge in [-0.25, -0.2) is 9.78 Å². The first-order valence-electron chi connectivity index (χ1n) is 11.1. The molecule has 0 amide bonds. The van der Waals surface area contributed by atoms with Gasteiger partial charge in [-0.1, -0.05) is 36.8 Å². The number of rotatable bonds is 5. The Morgan fingerprint density at radius 2 is 1.88 bits per heavy atom. The molecular weight excluding hydrogens is 442 g/mol. The van der Waals surface area contributed by atoms with Crippen LogP contribution in [0.25, 0.3) is 0 Å². The van der Waals surface area contributed by atoms with Crippen molar-refractivity contribution in [1.29, 1.82) is 0 Å². The summed E-state index contributed by atoms with van der Waals surface area (Å²) >= 11 is 0. The Hall–Kier alpha value is -3.09. The molecule has 1 aromatic heterocycles. The Balaban J connectivity index is 1.60. The first-order valence-corrected chi connectivity index (χ1v) is 12.5. The van der Waals surface area contributed by atoms with Crippen molar-refractivity contribution in [3.05, 3.63) is 53.3 Å². The van der Waals surface area contributed by atoms with Crippen molar-refractivity contribution in [3.63, 3.8) is 0 Å². The Kier molecular flexibility index (Phi) is 6.86. The van der Waals surface area contributed by atoms with Crippen LogP contribution in [-0.2, 0) is 10.2 Å². The quantitative estimate of drug-likeness (QED) is 0.649. The minimum Gasteiger partial charge on any atom is -0.495 e. The van der Waals surface area contributed by atoms with Gasteiger partial charge in [-0.3, -0.25) is 4.72 Å². The number of nitrogens with zero attached hydrogens (tertiary/aromatic N) is 2. The van der Waals surface area contributed by atoms with Crippen molar-refractivity contribution in [1.82, 2.24) is 9.29 Å². The highest BCUT2D eigenvalue weighted by Gasteiger charge is 2.39. The van der Waals surface area contributed by atoms with Crippen LogP contribution in [0.1, 0.15) is 60.1 Å². The van der Waals surface area contributed by atoms with E-state index in [-0.39, 0.29) is 17.5 Å². The molecule has 174 valence electrons. The lowest BCUT2D eigenvalue weighted by Gasteiger charge is -2.43. The molecule has 2 N–H and O–H groups in total. The van der Waals surface area contributed by atoms with E-state index in [9.17, 15) is 13.2 Å². The standard InChI is InChI=1S/C24H27N3O5S/c1-32-23-15-21(24(28)29)25-16-19(23)13-12-17-7-2-4-10-20(17)26-33(30,31)27-14-6-9-18-8-3-5-11-22(18)27/h2,4,7,10,15-16,18,22,26H,3,5-6,8-9,11,14H2,1H3,(H,28,29)/t18-,22+/m0/s1. The predicted octanol–water partition coefficient (Wildman–Crippen LogP) is 3.50. The van der Waals surface area contributed by atoms with Crippen LogP contribution in [0.3, 0.4) is 0 Å². The van der Waals surface area contributed by atoms with E-state index >= 15 is 0 Å². The van der Waals surface area contributed by atoms with E-state index in [1.165, 1.54) is 25.8 Å². The van der Waals surface area contributed by atoms with Gasteiger partial charge < -0.3 is 9.84 Å². The van der Waals surface area contributed by atoms with Crippen molar-refractivity contribution in [3.8, 4) is 17.6 Å². The van der Waals surface area contributed by atoms with Gasteiger partial charge in [0.05, 0.1) is 18.4 Å². The second-order valence-corrected chi connectivity index (χ2v) is 9.97.